The maximum Gasteiger partial charge on any atom is 0.254 e. The number of nitrogens with zero attached hydrogens (tertiary/aromatic N) is 4. The van der Waals surface area contributed by atoms with Crippen LogP contribution in [0.1, 0.15) is 36.5 Å². The summed E-state index contributed by atoms with van der Waals surface area (Å²) in [5.74, 6) is 0.520. The molecule has 1 fully saturated rings. The SMILES string of the molecule is CCCn1cc(C(=O)NCC2CCN(c3ccncc3)CC2)cn1. The summed E-state index contributed by atoms with van der Waals surface area (Å²) in [6.07, 6.45) is 10.3. The zero-order valence-corrected chi connectivity index (χ0v) is 14.2. The van der Waals surface area contributed by atoms with Gasteiger partial charge in [-0.25, -0.2) is 0 Å². The Labute approximate surface area is 142 Å². The topological polar surface area (TPSA) is 63.1 Å². The van der Waals surface area contributed by atoms with Gasteiger partial charge in [0.15, 0.2) is 0 Å². The zero-order valence-electron chi connectivity index (χ0n) is 14.2. The summed E-state index contributed by atoms with van der Waals surface area (Å²) in [6, 6.07) is 4.10. The highest BCUT2D eigenvalue weighted by molar-refractivity contribution is 5.93. The number of amides is 1. The minimum atomic E-state index is -0.0195. The minimum Gasteiger partial charge on any atom is -0.371 e. The molecule has 1 N–H and O–H groups in total. The quantitative estimate of drug-likeness (QED) is 0.884. The van der Waals surface area contributed by atoms with E-state index in [2.05, 4.69) is 39.4 Å². The van der Waals surface area contributed by atoms with Crippen LogP contribution in [-0.2, 0) is 6.54 Å². The molecule has 2 aromatic rings. The second kappa shape index (κ2) is 7.95. The highest BCUT2D eigenvalue weighted by atomic mass is 16.1. The first-order valence-corrected chi connectivity index (χ1v) is 8.72. The van der Waals surface area contributed by atoms with Gasteiger partial charge in [0.1, 0.15) is 0 Å². The second-order valence-corrected chi connectivity index (χ2v) is 6.34. The number of aryl methyl sites for hydroxylation is 1. The van der Waals surface area contributed by atoms with Gasteiger partial charge < -0.3 is 10.2 Å². The number of nitrogens with one attached hydrogen (secondary N) is 1. The van der Waals surface area contributed by atoms with Crippen LogP contribution in [0.15, 0.2) is 36.9 Å². The molecule has 0 radical (unpaired) electrons. The Morgan fingerprint density at radius 3 is 2.75 bits per heavy atom. The molecular weight excluding hydrogens is 302 g/mol. The highest BCUT2D eigenvalue weighted by Gasteiger charge is 2.20. The summed E-state index contributed by atoms with van der Waals surface area (Å²) >= 11 is 0. The van der Waals surface area contributed by atoms with Crippen LogP contribution >= 0.6 is 0 Å². The number of pyridine rings is 1. The van der Waals surface area contributed by atoms with Crippen molar-refractivity contribution in [2.75, 3.05) is 24.5 Å². The third-order valence-electron chi connectivity index (χ3n) is 4.54. The molecule has 1 amide bonds. The number of anilines is 1. The fraction of sp³-hybridized carbons (Fsp3) is 0.500. The zero-order chi connectivity index (χ0) is 16.8. The van der Waals surface area contributed by atoms with Gasteiger partial charge in [-0.2, -0.15) is 5.10 Å². The van der Waals surface area contributed by atoms with E-state index in [9.17, 15) is 4.79 Å². The molecular formula is C18H25N5O. The van der Waals surface area contributed by atoms with Crippen molar-refractivity contribution in [3.63, 3.8) is 0 Å². The Balaban J connectivity index is 1.43. The van der Waals surface area contributed by atoms with Crippen LogP contribution in [-0.4, -0.2) is 40.3 Å². The molecule has 3 rings (SSSR count). The molecule has 0 aromatic carbocycles. The third kappa shape index (κ3) is 4.13. The lowest BCUT2D eigenvalue weighted by Crippen LogP contribution is -2.38. The van der Waals surface area contributed by atoms with Gasteiger partial charge in [-0.15, -0.1) is 0 Å². The summed E-state index contributed by atoms with van der Waals surface area (Å²) in [4.78, 5) is 18.7. The molecule has 1 aliphatic heterocycles. The molecule has 24 heavy (non-hydrogen) atoms. The van der Waals surface area contributed by atoms with Crippen molar-refractivity contribution in [3.8, 4) is 0 Å². The van der Waals surface area contributed by atoms with Gasteiger partial charge in [-0.3, -0.25) is 14.5 Å². The van der Waals surface area contributed by atoms with Gasteiger partial charge in [-0.1, -0.05) is 6.92 Å². The summed E-state index contributed by atoms with van der Waals surface area (Å²) in [6.45, 7) is 5.74. The maximum atomic E-state index is 12.2. The van der Waals surface area contributed by atoms with E-state index in [4.69, 9.17) is 0 Å². The van der Waals surface area contributed by atoms with E-state index in [1.54, 1.807) is 6.20 Å². The lowest BCUT2D eigenvalue weighted by atomic mass is 9.96. The lowest BCUT2D eigenvalue weighted by molar-refractivity contribution is 0.0945. The first-order chi connectivity index (χ1) is 11.8. The molecule has 6 heteroatoms. The fourth-order valence-electron chi connectivity index (χ4n) is 3.12. The molecule has 0 atom stereocenters. The normalized spacial score (nSPS) is 15.5. The molecule has 128 valence electrons. The largest absolute Gasteiger partial charge is 0.371 e. The molecule has 6 nitrogen and oxygen atoms in total. The molecule has 0 spiro atoms. The van der Waals surface area contributed by atoms with E-state index in [-0.39, 0.29) is 5.91 Å². The van der Waals surface area contributed by atoms with Crippen molar-refractivity contribution in [3.05, 3.63) is 42.5 Å². The second-order valence-electron chi connectivity index (χ2n) is 6.34. The summed E-state index contributed by atoms with van der Waals surface area (Å²) in [5, 5.41) is 7.27. The van der Waals surface area contributed by atoms with Crippen LogP contribution in [0.5, 0.6) is 0 Å². The van der Waals surface area contributed by atoms with Crippen molar-refractivity contribution < 1.29 is 4.79 Å². The Bertz CT molecular complexity index is 646. The third-order valence-corrected chi connectivity index (χ3v) is 4.54. The first-order valence-electron chi connectivity index (χ1n) is 8.72. The van der Waals surface area contributed by atoms with E-state index < -0.39 is 0 Å². The predicted octanol–water partition coefficient (Wildman–Crippen LogP) is 2.33. The molecule has 1 aliphatic rings. The monoisotopic (exact) mass is 327 g/mol. The van der Waals surface area contributed by atoms with E-state index in [1.807, 2.05) is 23.3 Å². The van der Waals surface area contributed by atoms with Crippen molar-refractivity contribution in [2.24, 2.45) is 5.92 Å². The minimum absolute atomic E-state index is 0.0195. The van der Waals surface area contributed by atoms with Crippen LogP contribution in [0.3, 0.4) is 0 Å². The summed E-state index contributed by atoms with van der Waals surface area (Å²) in [7, 11) is 0. The Morgan fingerprint density at radius 1 is 1.29 bits per heavy atom. The number of carbonyl (C=O) groups excluding carboxylic acids is 1. The first kappa shape index (κ1) is 16.5. The van der Waals surface area contributed by atoms with Crippen LogP contribution in [0.2, 0.25) is 0 Å². The van der Waals surface area contributed by atoms with Crippen LogP contribution < -0.4 is 10.2 Å². The van der Waals surface area contributed by atoms with Gasteiger partial charge in [0, 0.05) is 50.5 Å². The summed E-state index contributed by atoms with van der Waals surface area (Å²) < 4.78 is 1.82. The Morgan fingerprint density at radius 2 is 2.04 bits per heavy atom. The Kier molecular flexibility index (Phi) is 5.46. The average molecular weight is 327 g/mol. The van der Waals surface area contributed by atoms with E-state index in [1.165, 1.54) is 5.69 Å². The van der Waals surface area contributed by atoms with E-state index in [0.717, 1.165) is 45.4 Å². The van der Waals surface area contributed by atoms with Crippen molar-refractivity contribution in [1.82, 2.24) is 20.1 Å². The Hall–Kier alpha value is -2.37. The smallest absolute Gasteiger partial charge is 0.254 e. The lowest BCUT2D eigenvalue weighted by Gasteiger charge is -2.33. The van der Waals surface area contributed by atoms with Gasteiger partial charge in [0.05, 0.1) is 11.8 Å². The highest BCUT2D eigenvalue weighted by Crippen LogP contribution is 2.22. The van der Waals surface area contributed by atoms with Gasteiger partial charge in [0.2, 0.25) is 0 Å². The van der Waals surface area contributed by atoms with Gasteiger partial charge in [-0.05, 0) is 37.3 Å². The van der Waals surface area contributed by atoms with Gasteiger partial charge >= 0.3 is 0 Å². The van der Waals surface area contributed by atoms with Crippen molar-refractivity contribution in [1.29, 1.82) is 0 Å². The number of hydrogen-bond acceptors (Lipinski definition) is 4. The van der Waals surface area contributed by atoms with Crippen LogP contribution in [0, 0.1) is 5.92 Å². The maximum absolute atomic E-state index is 12.2. The molecule has 0 bridgehead atoms. The number of aromatic nitrogens is 3. The predicted molar refractivity (Wildman–Crippen MR) is 94.0 cm³/mol. The number of rotatable bonds is 6. The van der Waals surface area contributed by atoms with Gasteiger partial charge in [0.25, 0.3) is 5.91 Å². The molecule has 0 saturated carbocycles. The van der Waals surface area contributed by atoms with Crippen LogP contribution in [0.4, 0.5) is 5.69 Å². The molecule has 0 unspecified atom stereocenters. The summed E-state index contributed by atoms with van der Waals surface area (Å²) in [5.41, 5.74) is 1.88. The van der Waals surface area contributed by atoms with E-state index in [0.29, 0.717) is 11.5 Å². The molecule has 2 aromatic heterocycles. The number of carbonyl (C=O) groups is 1. The standard InChI is InChI=1S/C18H25N5O/c1-2-9-23-14-16(13-21-23)18(24)20-12-15-5-10-22(11-6-15)17-3-7-19-8-4-17/h3-4,7-8,13-15H,2,5-6,9-12H2,1H3,(H,20,24). The van der Waals surface area contributed by atoms with Crippen LogP contribution in [0.25, 0.3) is 0 Å². The molecule has 1 saturated heterocycles. The number of hydrogen-bond donors (Lipinski definition) is 1. The molecule has 3 heterocycles. The average Bonchev–Trinajstić information content (AvgIpc) is 3.10. The van der Waals surface area contributed by atoms with E-state index >= 15 is 0 Å². The fourth-order valence-corrected chi connectivity index (χ4v) is 3.12. The van der Waals surface area contributed by atoms with Crippen molar-refractivity contribution >= 4 is 11.6 Å². The van der Waals surface area contributed by atoms with Crippen molar-refractivity contribution in [2.45, 2.75) is 32.7 Å². The number of piperidine rings is 1. The molecule has 0 aliphatic carbocycles.